The van der Waals surface area contributed by atoms with Gasteiger partial charge in [0.05, 0.1) is 24.6 Å². The maximum atomic E-state index is 12.5. The van der Waals surface area contributed by atoms with Crippen LogP contribution in [0, 0.1) is 6.92 Å². The molecule has 0 aliphatic carbocycles. The number of rotatable bonds is 8. The lowest BCUT2D eigenvalue weighted by Gasteiger charge is -2.23. The average Bonchev–Trinajstić information content (AvgIpc) is 2.63. The summed E-state index contributed by atoms with van der Waals surface area (Å²) in [5.74, 6) is 0.865. The second-order valence-corrected chi connectivity index (χ2v) is 6.81. The van der Waals surface area contributed by atoms with E-state index in [9.17, 15) is 9.59 Å². The number of nitrogens with zero attached hydrogens (tertiary/aromatic N) is 1. The number of carbonyl (C=O) groups is 2. The quantitative estimate of drug-likeness (QED) is 0.742. The van der Waals surface area contributed by atoms with Crippen molar-refractivity contribution in [1.82, 2.24) is 0 Å². The molecule has 2 amide bonds. The topological polar surface area (TPSA) is 67.9 Å². The Hall–Kier alpha value is -3.02. The summed E-state index contributed by atoms with van der Waals surface area (Å²) in [5.41, 5.74) is 2.28. The fraction of sp³-hybridized carbons (Fsp3) is 0.364. The number of hydrogen-bond donors (Lipinski definition) is 1. The second kappa shape index (κ2) is 9.78. The standard InChI is InChI=1S/C22H28N2O4/c1-15(2)28-20-9-7-6-8-18(20)23-22(26)12-13-24(17(4)25)19-14-16(3)10-11-21(19)27-5/h6-11,14-15H,12-13H2,1-5H3,(H,23,26). The molecule has 6 nitrogen and oxygen atoms in total. The highest BCUT2D eigenvalue weighted by molar-refractivity contribution is 5.96. The number of anilines is 2. The number of hydrogen-bond acceptors (Lipinski definition) is 4. The van der Waals surface area contributed by atoms with Crippen molar-refractivity contribution in [3.63, 3.8) is 0 Å². The summed E-state index contributed by atoms with van der Waals surface area (Å²) in [5, 5.41) is 2.87. The Kier molecular flexibility index (Phi) is 7.44. The normalized spacial score (nSPS) is 10.5. The molecule has 6 heteroatoms. The molecule has 0 aliphatic heterocycles. The minimum Gasteiger partial charge on any atom is -0.495 e. The third kappa shape index (κ3) is 5.74. The minimum atomic E-state index is -0.197. The highest BCUT2D eigenvalue weighted by Crippen LogP contribution is 2.30. The largest absolute Gasteiger partial charge is 0.495 e. The van der Waals surface area contributed by atoms with Crippen LogP contribution in [0.5, 0.6) is 11.5 Å². The molecule has 28 heavy (non-hydrogen) atoms. The highest BCUT2D eigenvalue weighted by atomic mass is 16.5. The van der Waals surface area contributed by atoms with Crippen LogP contribution in [0.3, 0.4) is 0 Å². The van der Waals surface area contributed by atoms with E-state index < -0.39 is 0 Å². The summed E-state index contributed by atoms with van der Waals surface area (Å²) in [6.45, 7) is 7.52. The van der Waals surface area contributed by atoms with Gasteiger partial charge in [0.1, 0.15) is 11.5 Å². The van der Waals surface area contributed by atoms with Crippen LogP contribution in [0.2, 0.25) is 0 Å². The summed E-state index contributed by atoms with van der Waals surface area (Å²) in [6.07, 6.45) is 0.146. The molecule has 0 atom stereocenters. The van der Waals surface area contributed by atoms with Crippen molar-refractivity contribution in [1.29, 1.82) is 0 Å². The molecule has 2 rings (SSSR count). The van der Waals surface area contributed by atoms with Crippen LogP contribution in [0.15, 0.2) is 42.5 Å². The first-order valence-electron chi connectivity index (χ1n) is 9.30. The molecule has 2 aromatic carbocycles. The van der Waals surface area contributed by atoms with E-state index in [0.717, 1.165) is 5.56 Å². The van der Waals surface area contributed by atoms with Gasteiger partial charge in [-0.05, 0) is 50.6 Å². The average molecular weight is 384 g/mol. The zero-order valence-corrected chi connectivity index (χ0v) is 17.1. The van der Waals surface area contributed by atoms with Crippen LogP contribution in [0.1, 0.15) is 32.8 Å². The lowest BCUT2D eigenvalue weighted by Crippen LogP contribution is -2.32. The molecule has 2 aromatic rings. The summed E-state index contributed by atoms with van der Waals surface area (Å²) in [6, 6.07) is 12.9. The minimum absolute atomic E-state index is 0.0000385. The van der Waals surface area contributed by atoms with Crippen molar-refractivity contribution in [2.75, 3.05) is 23.9 Å². The summed E-state index contributed by atoms with van der Waals surface area (Å²) < 4.78 is 11.1. The van der Waals surface area contributed by atoms with Crippen LogP contribution in [-0.2, 0) is 9.59 Å². The predicted octanol–water partition coefficient (Wildman–Crippen LogP) is 4.17. The monoisotopic (exact) mass is 384 g/mol. The van der Waals surface area contributed by atoms with Gasteiger partial charge in [0, 0.05) is 19.9 Å². The van der Waals surface area contributed by atoms with Gasteiger partial charge in [-0.3, -0.25) is 9.59 Å². The van der Waals surface area contributed by atoms with Gasteiger partial charge >= 0.3 is 0 Å². The number of ether oxygens (including phenoxy) is 2. The molecular weight excluding hydrogens is 356 g/mol. The van der Waals surface area contributed by atoms with Gasteiger partial charge in [-0.25, -0.2) is 0 Å². The third-order valence-corrected chi connectivity index (χ3v) is 4.09. The Morgan fingerprint density at radius 1 is 1.11 bits per heavy atom. The molecule has 1 N–H and O–H groups in total. The van der Waals surface area contributed by atoms with Crippen molar-refractivity contribution in [2.45, 2.75) is 40.2 Å². The SMILES string of the molecule is COc1ccc(C)cc1N(CCC(=O)Nc1ccccc1OC(C)C)C(C)=O. The van der Waals surface area contributed by atoms with Crippen molar-refractivity contribution in [3.05, 3.63) is 48.0 Å². The molecular formula is C22H28N2O4. The molecule has 0 unspecified atom stereocenters. The second-order valence-electron chi connectivity index (χ2n) is 6.81. The van der Waals surface area contributed by atoms with Gasteiger partial charge in [-0.1, -0.05) is 18.2 Å². The fourth-order valence-corrected chi connectivity index (χ4v) is 2.81. The molecule has 0 heterocycles. The number of amides is 2. The van der Waals surface area contributed by atoms with Gasteiger partial charge in [0.2, 0.25) is 11.8 Å². The van der Waals surface area contributed by atoms with E-state index in [2.05, 4.69) is 5.32 Å². The zero-order chi connectivity index (χ0) is 20.7. The van der Waals surface area contributed by atoms with Crippen molar-refractivity contribution >= 4 is 23.2 Å². The van der Waals surface area contributed by atoms with Crippen LogP contribution < -0.4 is 19.7 Å². The Morgan fingerprint density at radius 3 is 2.46 bits per heavy atom. The van der Waals surface area contributed by atoms with E-state index >= 15 is 0 Å². The van der Waals surface area contributed by atoms with E-state index in [0.29, 0.717) is 22.9 Å². The fourth-order valence-electron chi connectivity index (χ4n) is 2.81. The molecule has 0 fully saturated rings. The molecule has 0 aromatic heterocycles. The Balaban J connectivity index is 2.10. The van der Waals surface area contributed by atoms with Crippen molar-refractivity contribution < 1.29 is 19.1 Å². The van der Waals surface area contributed by atoms with E-state index in [1.54, 1.807) is 18.1 Å². The predicted molar refractivity (Wildman–Crippen MR) is 111 cm³/mol. The lowest BCUT2D eigenvalue weighted by atomic mass is 10.1. The van der Waals surface area contributed by atoms with Gasteiger partial charge in [0.25, 0.3) is 0 Å². The Morgan fingerprint density at radius 2 is 1.82 bits per heavy atom. The van der Waals surface area contributed by atoms with Gasteiger partial charge in [-0.2, -0.15) is 0 Å². The van der Waals surface area contributed by atoms with Crippen molar-refractivity contribution in [3.8, 4) is 11.5 Å². The zero-order valence-electron chi connectivity index (χ0n) is 17.1. The molecule has 0 radical (unpaired) electrons. The smallest absolute Gasteiger partial charge is 0.226 e. The maximum Gasteiger partial charge on any atom is 0.226 e. The van der Waals surface area contributed by atoms with Gasteiger partial charge in [0.15, 0.2) is 0 Å². The van der Waals surface area contributed by atoms with E-state index in [1.807, 2.05) is 57.2 Å². The summed E-state index contributed by atoms with van der Waals surface area (Å²) in [7, 11) is 1.56. The van der Waals surface area contributed by atoms with Gasteiger partial charge < -0.3 is 19.7 Å². The molecule has 0 spiro atoms. The van der Waals surface area contributed by atoms with E-state index in [1.165, 1.54) is 6.92 Å². The maximum absolute atomic E-state index is 12.5. The molecule has 0 saturated carbocycles. The summed E-state index contributed by atoms with van der Waals surface area (Å²) in [4.78, 5) is 26.2. The van der Waals surface area contributed by atoms with Crippen LogP contribution in [0.25, 0.3) is 0 Å². The number of nitrogens with one attached hydrogen (secondary N) is 1. The summed E-state index contributed by atoms with van der Waals surface area (Å²) >= 11 is 0. The van der Waals surface area contributed by atoms with Crippen molar-refractivity contribution in [2.24, 2.45) is 0 Å². The Bertz CT molecular complexity index is 833. The van der Waals surface area contributed by atoms with E-state index in [4.69, 9.17) is 9.47 Å². The van der Waals surface area contributed by atoms with Crippen LogP contribution in [0.4, 0.5) is 11.4 Å². The lowest BCUT2D eigenvalue weighted by molar-refractivity contribution is -0.117. The third-order valence-electron chi connectivity index (χ3n) is 4.09. The molecule has 0 bridgehead atoms. The number of benzene rings is 2. The first-order valence-corrected chi connectivity index (χ1v) is 9.30. The van der Waals surface area contributed by atoms with Crippen LogP contribution >= 0.6 is 0 Å². The highest BCUT2D eigenvalue weighted by Gasteiger charge is 2.18. The number of para-hydroxylation sites is 2. The first kappa shape index (κ1) is 21.3. The molecule has 0 saturated heterocycles. The molecule has 0 aliphatic rings. The van der Waals surface area contributed by atoms with E-state index in [-0.39, 0.29) is 30.9 Å². The molecule has 150 valence electrons. The number of carbonyl (C=O) groups excluding carboxylic acids is 2. The number of methoxy groups -OCH3 is 1. The van der Waals surface area contributed by atoms with Crippen LogP contribution in [-0.4, -0.2) is 31.6 Å². The Labute approximate surface area is 166 Å². The number of aryl methyl sites for hydroxylation is 1. The van der Waals surface area contributed by atoms with Gasteiger partial charge in [-0.15, -0.1) is 0 Å². The first-order chi connectivity index (χ1) is 13.3.